The monoisotopic (exact) mass is 424 g/mol. The molecule has 1 saturated heterocycles. The van der Waals surface area contributed by atoms with Crippen molar-refractivity contribution in [3.63, 3.8) is 0 Å². The highest BCUT2D eigenvalue weighted by molar-refractivity contribution is 5.77. The molecule has 173 valence electrons. The number of carbonyl (C=O) groups is 2. The molecular weight excluding hydrogens is 382 g/mol. The van der Waals surface area contributed by atoms with Gasteiger partial charge in [0.1, 0.15) is 5.60 Å². The van der Waals surface area contributed by atoms with Gasteiger partial charge in [0, 0.05) is 23.5 Å². The van der Waals surface area contributed by atoms with Crippen LogP contribution in [0.25, 0.3) is 0 Å². The summed E-state index contributed by atoms with van der Waals surface area (Å²) in [6.07, 6.45) is 5.40. The van der Waals surface area contributed by atoms with Gasteiger partial charge in [0.15, 0.2) is 0 Å². The van der Waals surface area contributed by atoms with Gasteiger partial charge < -0.3 is 15.4 Å². The van der Waals surface area contributed by atoms with E-state index in [-0.39, 0.29) is 24.4 Å². The maximum absolute atomic E-state index is 12.5. The second-order valence-corrected chi connectivity index (χ2v) is 11.1. The number of alkyl carbamates (subject to hydrolysis) is 1. The zero-order chi connectivity index (χ0) is 23.3. The summed E-state index contributed by atoms with van der Waals surface area (Å²) >= 11 is 0. The predicted octanol–water partition coefficient (Wildman–Crippen LogP) is 4.36. The molecule has 2 N–H and O–H groups in total. The van der Waals surface area contributed by atoms with Gasteiger partial charge >= 0.3 is 6.09 Å². The molecule has 30 heavy (non-hydrogen) atoms. The Labute approximate surface area is 182 Å². The van der Waals surface area contributed by atoms with E-state index >= 15 is 0 Å². The number of carbonyl (C=O) groups excluding carboxylic acids is 2. The van der Waals surface area contributed by atoms with E-state index in [1.165, 1.54) is 0 Å². The number of ether oxygens (including phenoxy) is 1. The Hall–Kier alpha value is -1.60. The van der Waals surface area contributed by atoms with Gasteiger partial charge in [-0.1, -0.05) is 26.0 Å². The third-order valence-corrected chi connectivity index (χ3v) is 5.06. The average molecular weight is 425 g/mol. The molecule has 0 unspecified atom stereocenters. The summed E-state index contributed by atoms with van der Waals surface area (Å²) in [5.41, 5.74) is -1.60. The molecule has 2 amide bonds. The summed E-state index contributed by atoms with van der Waals surface area (Å²) in [5, 5.41) is 19.5. The van der Waals surface area contributed by atoms with E-state index in [0.717, 1.165) is 11.5 Å². The smallest absolute Gasteiger partial charge is 0.408 e. The molecule has 7 heteroatoms. The first-order valence-electron chi connectivity index (χ1n) is 10.9. The van der Waals surface area contributed by atoms with Gasteiger partial charge in [0.25, 0.3) is 0 Å². The van der Waals surface area contributed by atoms with E-state index in [9.17, 15) is 14.8 Å². The summed E-state index contributed by atoms with van der Waals surface area (Å²) in [7, 11) is 0. The third kappa shape index (κ3) is 9.04. The van der Waals surface area contributed by atoms with Crippen molar-refractivity contribution in [2.75, 3.05) is 0 Å². The standard InChI is InChI=1S/C23H42N3O4/c1-16(2)13-17(25-20(28)30-21(3,4)5)11-10-12-19(27)24-18-14-22(6,7)26(29)23(8,9)15-18/h10-11,16-18H,12-15H2,1-9H3,(H,24,27)(H,25,28)/b11-10+/t17-/m0/s1. The SMILES string of the molecule is CC(C)C[C@H](/C=C/CC(=O)NC1CC(C)(C)N([O])C(C)(C)C1)NC(=O)OC(C)(C)C. The van der Waals surface area contributed by atoms with E-state index < -0.39 is 22.8 Å². The summed E-state index contributed by atoms with van der Waals surface area (Å²) in [5.74, 6) is 0.299. The normalized spacial score (nSPS) is 20.9. The summed E-state index contributed by atoms with van der Waals surface area (Å²) in [6.45, 7) is 17.3. The Bertz CT molecular complexity index is 602. The van der Waals surface area contributed by atoms with E-state index in [0.29, 0.717) is 18.8 Å². The van der Waals surface area contributed by atoms with E-state index in [1.807, 2.05) is 54.5 Å². The van der Waals surface area contributed by atoms with Crippen LogP contribution in [0.2, 0.25) is 0 Å². The number of amides is 2. The Kier molecular flexibility index (Phi) is 8.93. The maximum atomic E-state index is 12.5. The molecule has 0 aliphatic carbocycles. The molecule has 1 aliphatic rings. The number of hydroxylamine groups is 2. The minimum atomic E-state index is -0.558. The fraction of sp³-hybridized carbons (Fsp3) is 0.826. The number of rotatable bonds is 7. The zero-order valence-electron chi connectivity index (χ0n) is 20.3. The molecule has 1 heterocycles. The quantitative estimate of drug-likeness (QED) is 0.594. The minimum absolute atomic E-state index is 0.0348. The van der Waals surface area contributed by atoms with Crippen LogP contribution in [0.1, 0.15) is 88.0 Å². The Morgan fingerprint density at radius 1 is 1.13 bits per heavy atom. The molecular formula is C23H42N3O4. The van der Waals surface area contributed by atoms with Crippen LogP contribution in [0, 0.1) is 5.92 Å². The number of hydrogen-bond acceptors (Lipinski definition) is 4. The van der Waals surface area contributed by atoms with Crippen molar-refractivity contribution in [3.05, 3.63) is 12.2 Å². The lowest BCUT2D eigenvalue weighted by molar-refractivity contribution is -0.290. The van der Waals surface area contributed by atoms with Gasteiger partial charge in [-0.3, -0.25) is 4.79 Å². The van der Waals surface area contributed by atoms with E-state index in [4.69, 9.17) is 4.74 Å². The first-order valence-corrected chi connectivity index (χ1v) is 10.9. The van der Waals surface area contributed by atoms with Crippen LogP contribution < -0.4 is 10.6 Å². The van der Waals surface area contributed by atoms with Crippen molar-refractivity contribution in [1.82, 2.24) is 15.7 Å². The number of piperidine rings is 1. The minimum Gasteiger partial charge on any atom is -0.444 e. The molecule has 1 aliphatic heterocycles. The van der Waals surface area contributed by atoms with E-state index in [1.54, 1.807) is 6.08 Å². The molecule has 1 rings (SSSR count). The van der Waals surface area contributed by atoms with Gasteiger partial charge in [0.05, 0.1) is 6.04 Å². The lowest BCUT2D eigenvalue weighted by Crippen LogP contribution is -2.62. The van der Waals surface area contributed by atoms with Crippen molar-refractivity contribution in [2.45, 2.75) is 117 Å². The molecule has 7 nitrogen and oxygen atoms in total. The van der Waals surface area contributed by atoms with Gasteiger partial charge in [-0.2, -0.15) is 0 Å². The fourth-order valence-corrected chi connectivity index (χ4v) is 4.14. The summed E-state index contributed by atoms with van der Waals surface area (Å²) < 4.78 is 5.33. The number of hydrogen-bond donors (Lipinski definition) is 2. The Balaban J connectivity index is 2.63. The first kappa shape index (κ1) is 26.4. The maximum Gasteiger partial charge on any atom is 0.408 e. The second-order valence-electron chi connectivity index (χ2n) is 11.1. The first-order chi connectivity index (χ1) is 13.5. The predicted molar refractivity (Wildman–Crippen MR) is 118 cm³/mol. The summed E-state index contributed by atoms with van der Waals surface area (Å²) in [6, 6.07) is -0.235. The van der Waals surface area contributed by atoms with Crippen molar-refractivity contribution in [1.29, 1.82) is 0 Å². The third-order valence-electron chi connectivity index (χ3n) is 5.06. The zero-order valence-corrected chi connectivity index (χ0v) is 20.3. The molecule has 0 aromatic rings. The molecule has 0 aromatic heterocycles. The van der Waals surface area contributed by atoms with Crippen molar-refractivity contribution < 1.29 is 19.5 Å². The van der Waals surface area contributed by atoms with Gasteiger partial charge in [0.2, 0.25) is 5.91 Å². The van der Waals surface area contributed by atoms with E-state index in [2.05, 4.69) is 24.5 Å². The van der Waals surface area contributed by atoms with Crippen LogP contribution >= 0.6 is 0 Å². The molecule has 1 radical (unpaired) electrons. The fourth-order valence-electron chi connectivity index (χ4n) is 4.14. The van der Waals surface area contributed by atoms with Crippen LogP contribution in [0.3, 0.4) is 0 Å². The molecule has 0 spiro atoms. The van der Waals surface area contributed by atoms with Crippen molar-refractivity contribution >= 4 is 12.0 Å². The molecule has 1 fully saturated rings. The largest absolute Gasteiger partial charge is 0.444 e. The molecule has 0 bridgehead atoms. The Morgan fingerprint density at radius 2 is 1.67 bits per heavy atom. The van der Waals surface area contributed by atoms with Crippen LogP contribution in [-0.2, 0) is 14.7 Å². The van der Waals surface area contributed by atoms with Gasteiger partial charge in [-0.15, -0.1) is 10.3 Å². The average Bonchev–Trinajstić information content (AvgIpc) is 2.49. The van der Waals surface area contributed by atoms with Crippen molar-refractivity contribution in [3.8, 4) is 0 Å². The lowest BCUT2D eigenvalue weighted by atomic mass is 9.79. The van der Waals surface area contributed by atoms with Gasteiger partial charge in [-0.05, 0) is 73.6 Å². The Morgan fingerprint density at radius 3 is 2.13 bits per heavy atom. The van der Waals surface area contributed by atoms with Crippen LogP contribution in [0.5, 0.6) is 0 Å². The molecule has 1 atom stereocenters. The van der Waals surface area contributed by atoms with Crippen LogP contribution in [-0.4, -0.2) is 45.8 Å². The number of nitrogens with zero attached hydrogens (tertiary/aromatic N) is 1. The highest BCUT2D eigenvalue weighted by Gasteiger charge is 2.46. The van der Waals surface area contributed by atoms with Crippen LogP contribution in [0.15, 0.2) is 12.2 Å². The van der Waals surface area contributed by atoms with Crippen molar-refractivity contribution in [2.24, 2.45) is 5.92 Å². The highest BCUT2D eigenvalue weighted by Crippen LogP contribution is 2.36. The molecule has 0 saturated carbocycles. The lowest BCUT2D eigenvalue weighted by Gasteiger charge is -2.50. The number of nitrogens with one attached hydrogen (secondary N) is 2. The summed E-state index contributed by atoms with van der Waals surface area (Å²) in [4.78, 5) is 24.5. The van der Waals surface area contributed by atoms with Crippen LogP contribution in [0.4, 0.5) is 4.79 Å². The second kappa shape index (κ2) is 10.1. The molecule has 0 aromatic carbocycles. The highest BCUT2D eigenvalue weighted by atomic mass is 16.6. The topological polar surface area (TPSA) is 90.6 Å². The van der Waals surface area contributed by atoms with Gasteiger partial charge in [-0.25, -0.2) is 4.79 Å².